The summed E-state index contributed by atoms with van der Waals surface area (Å²) in [6.07, 6.45) is 7.26. The van der Waals surface area contributed by atoms with Gasteiger partial charge >= 0.3 is 0 Å². The molecule has 0 spiro atoms. The van der Waals surface area contributed by atoms with E-state index in [4.69, 9.17) is 4.74 Å². The number of halogens is 1. The fourth-order valence-electron chi connectivity index (χ4n) is 4.13. The lowest BCUT2D eigenvalue weighted by molar-refractivity contribution is 0.0845. The minimum Gasteiger partial charge on any atom is -0.381 e. The summed E-state index contributed by atoms with van der Waals surface area (Å²) in [6.45, 7) is 4.61. The molecular formula is C20H25FN6O. The number of hydrogen-bond donors (Lipinski definition) is 0. The molecule has 0 bridgehead atoms. The van der Waals surface area contributed by atoms with Crippen LogP contribution in [0.1, 0.15) is 48.9 Å². The van der Waals surface area contributed by atoms with Gasteiger partial charge in [0.2, 0.25) is 0 Å². The Morgan fingerprint density at radius 3 is 2.29 bits per heavy atom. The molecular weight excluding hydrogens is 359 g/mol. The molecule has 2 aromatic rings. The first-order valence-electron chi connectivity index (χ1n) is 10.2. The lowest BCUT2D eigenvalue weighted by Gasteiger charge is -2.36. The van der Waals surface area contributed by atoms with Gasteiger partial charge in [0, 0.05) is 63.0 Å². The number of aromatic nitrogens is 4. The van der Waals surface area contributed by atoms with Gasteiger partial charge in [-0.3, -0.25) is 0 Å². The maximum Gasteiger partial charge on any atom is 0.187 e. The van der Waals surface area contributed by atoms with E-state index in [-0.39, 0.29) is 11.7 Å². The van der Waals surface area contributed by atoms with Gasteiger partial charge in [0.1, 0.15) is 18.5 Å². The lowest BCUT2D eigenvalue weighted by atomic mass is 9.96. The van der Waals surface area contributed by atoms with Gasteiger partial charge in [-0.15, -0.1) is 0 Å². The van der Waals surface area contributed by atoms with Crippen LogP contribution in [-0.2, 0) is 4.74 Å². The summed E-state index contributed by atoms with van der Waals surface area (Å²) in [5.41, 5.74) is 1.69. The van der Waals surface area contributed by atoms with Gasteiger partial charge in [0.05, 0.1) is 5.69 Å². The average molecular weight is 384 g/mol. The second-order valence-corrected chi connectivity index (χ2v) is 7.83. The van der Waals surface area contributed by atoms with Crippen LogP contribution in [0.5, 0.6) is 0 Å². The van der Waals surface area contributed by atoms with Crippen LogP contribution in [-0.4, -0.2) is 59.3 Å². The van der Waals surface area contributed by atoms with E-state index in [2.05, 4.69) is 30.9 Å². The summed E-state index contributed by atoms with van der Waals surface area (Å²) < 4.78 is 20.3. The van der Waals surface area contributed by atoms with Crippen molar-refractivity contribution in [2.75, 3.05) is 49.2 Å². The van der Waals surface area contributed by atoms with E-state index in [9.17, 15) is 4.39 Å². The molecule has 3 fully saturated rings. The standard InChI is InChI=1S/C20H25FN6O/c21-18-19(15-1-2-15)24-13-25-20(18)27-7-5-26(6-8-27)17-11-16(22-12-23-17)14-3-9-28-10-4-14/h11-15H,1-10H2. The molecule has 2 aliphatic heterocycles. The van der Waals surface area contributed by atoms with Gasteiger partial charge in [-0.1, -0.05) is 0 Å². The smallest absolute Gasteiger partial charge is 0.187 e. The Hall–Kier alpha value is -2.35. The van der Waals surface area contributed by atoms with Gasteiger partial charge in [-0.25, -0.2) is 24.3 Å². The maximum atomic E-state index is 14.8. The first-order chi connectivity index (χ1) is 13.8. The molecule has 2 saturated heterocycles. The summed E-state index contributed by atoms with van der Waals surface area (Å²) in [6, 6.07) is 2.11. The number of ether oxygens (including phenoxy) is 1. The zero-order valence-electron chi connectivity index (χ0n) is 15.9. The predicted molar refractivity (Wildman–Crippen MR) is 103 cm³/mol. The molecule has 1 saturated carbocycles. The molecule has 7 nitrogen and oxygen atoms in total. The molecule has 1 aliphatic carbocycles. The van der Waals surface area contributed by atoms with Crippen LogP contribution in [0.4, 0.5) is 16.0 Å². The molecule has 0 unspecified atom stereocenters. The van der Waals surface area contributed by atoms with Crippen LogP contribution < -0.4 is 9.80 Å². The van der Waals surface area contributed by atoms with Crippen molar-refractivity contribution in [3.63, 3.8) is 0 Å². The van der Waals surface area contributed by atoms with Gasteiger partial charge in [-0.05, 0) is 25.7 Å². The van der Waals surface area contributed by atoms with Gasteiger partial charge in [-0.2, -0.15) is 0 Å². The van der Waals surface area contributed by atoms with E-state index in [0.717, 1.165) is 63.5 Å². The van der Waals surface area contributed by atoms with E-state index in [1.165, 1.54) is 6.33 Å². The van der Waals surface area contributed by atoms with Crippen LogP contribution in [0, 0.1) is 5.82 Å². The molecule has 0 atom stereocenters. The molecule has 2 aromatic heterocycles. The average Bonchev–Trinajstić information content (AvgIpc) is 3.60. The number of rotatable bonds is 4. The minimum absolute atomic E-state index is 0.234. The van der Waals surface area contributed by atoms with Crippen molar-refractivity contribution in [1.82, 2.24) is 19.9 Å². The van der Waals surface area contributed by atoms with Crippen molar-refractivity contribution in [2.24, 2.45) is 0 Å². The molecule has 0 N–H and O–H groups in total. The fraction of sp³-hybridized carbons (Fsp3) is 0.600. The molecule has 8 heteroatoms. The Balaban J connectivity index is 1.27. The van der Waals surface area contributed by atoms with Crippen molar-refractivity contribution in [3.05, 3.63) is 35.9 Å². The number of piperazine rings is 1. The molecule has 3 aliphatic rings. The topological polar surface area (TPSA) is 67.3 Å². The van der Waals surface area contributed by atoms with Crippen molar-refractivity contribution in [3.8, 4) is 0 Å². The van der Waals surface area contributed by atoms with Crippen LogP contribution >= 0.6 is 0 Å². The number of anilines is 2. The summed E-state index contributed by atoms with van der Waals surface area (Å²) in [4.78, 5) is 21.7. The summed E-state index contributed by atoms with van der Waals surface area (Å²) in [5.74, 6) is 1.91. The van der Waals surface area contributed by atoms with E-state index in [0.29, 0.717) is 30.5 Å². The maximum absolute atomic E-state index is 14.8. The Bertz CT molecular complexity index is 831. The predicted octanol–water partition coefficient (Wildman–Crippen LogP) is 2.50. The quantitative estimate of drug-likeness (QED) is 0.802. The molecule has 4 heterocycles. The molecule has 5 rings (SSSR count). The Labute approximate surface area is 164 Å². The van der Waals surface area contributed by atoms with Crippen molar-refractivity contribution in [2.45, 2.75) is 37.5 Å². The van der Waals surface area contributed by atoms with Crippen molar-refractivity contribution in [1.29, 1.82) is 0 Å². The summed E-state index contributed by atoms with van der Waals surface area (Å²) in [5, 5.41) is 0. The van der Waals surface area contributed by atoms with Crippen LogP contribution in [0.2, 0.25) is 0 Å². The van der Waals surface area contributed by atoms with Crippen LogP contribution in [0.15, 0.2) is 18.7 Å². The molecule has 0 amide bonds. The van der Waals surface area contributed by atoms with Gasteiger partial charge in [0.15, 0.2) is 11.6 Å². The summed E-state index contributed by atoms with van der Waals surface area (Å²) >= 11 is 0. The second kappa shape index (κ2) is 7.58. The lowest BCUT2D eigenvalue weighted by Crippen LogP contribution is -2.47. The molecule has 148 valence electrons. The zero-order valence-corrected chi connectivity index (χ0v) is 15.9. The van der Waals surface area contributed by atoms with E-state index >= 15 is 0 Å². The highest BCUT2D eigenvalue weighted by Gasteiger charge is 2.31. The third-order valence-electron chi connectivity index (χ3n) is 5.98. The van der Waals surface area contributed by atoms with E-state index in [1.54, 1.807) is 6.33 Å². The summed E-state index contributed by atoms with van der Waals surface area (Å²) in [7, 11) is 0. The monoisotopic (exact) mass is 384 g/mol. The van der Waals surface area contributed by atoms with Crippen LogP contribution in [0.3, 0.4) is 0 Å². The largest absolute Gasteiger partial charge is 0.381 e. The second-order valence-electron chi connectivity index (χ2n) is 7.83. The highest BCUT2D eigenvalue weighted by Crippen LogP contribution is 2.41. The first kappa shape index (κ1) is 17.7. The number of nitrogens with zero attached hydrogens (tertiary/aromatic N) is 6. The van der Waals surface area contributed by atoms with Gasteiger partial charge in [0.25, 0.3) is 0 Å². The zero-order chi connectivity index (χ0) is 18.9. The third kappa shape index (κ3) is 3.53. The Morgan fingerprint density at radius 2 is 1.54 bits per heavy atom. The molecule has 28 heavy (non-hydrogen) atoms. The Kier molecular flexibility index (Phi) is 4.80. The fourth-order valence-corrected chi connectivity index (χ4v) is 4.13. The highest BCUT2D eigenvalue weighted by molar-refractivity contribution is 5.47. The van der Waals surface area contributed by atoms with Crippen molar-refractivity contribution < 1.29 is 9.13 Å². The molecule has 0 aromatic carbocycles. The third-order valence-corrected chi connectivity index (χ3v) is 5.98. The normalized spacial score (nSPS) is 21.2. The number of hydrogen-bond acceptors (Lipinski definition) is 7. The SMILES string of the molecule is Fc1c(C2CC2)ncnc1N1CCN(c2cc(C3CCOCC3)ncn2)CC1. The van der Waals surface area contributed by atoms with Crippen molar-refractivity contribution >= 4 is 11.6 Å². The van der Waals surface area contributed by atoms with Gasteiger partial charge < -0.3 is 14.5 Å². The van der Waals surface area contributed by atoms with Crippen LogP contribution in [0.25, 0.3) is 0 Å². The minimum atomic E-state index is -0.234. The van der Waals surface area contributed by atoms with E-state index in [1.807, 2.05) is 4.90 Å². The molecule has 0 radical (unpaired) electrons. The first-order valence-corrected chi connectivity index (χ1v) is 10.2. The van der Waals surface area contributed by atoms with E-state index < -0.39 is 0 Å². The highest BCUT2D eigenvalue weighted by atomic mass is 19.1. The Morgan fingerprint density at radius 1 is 0.821 bits per heavy atom.